The molecular weight excluding hydrogens is 262 g/mol. The van der Waals surface area contributed by atoms with Crippen molar-refractivity contribution in [3.63, 3.8) is 0 Å². The van der Waals surface area contributed by atoms with Crippen LogP contribution in [0.25, 0.3) is 0 Å². The molecule has 2 rings (SSSR count). The molecule has 0 aromatic heterocycles. The minimum Gasteiger partial charge on any atom is -0.465 e. The van der Waals surface area contributed by atoms with Gasteiger partial charge in [-0.05, 0) is 18.1 Å². The molecule has 2 atom stereocenters. The first-order valence-electron chi connectivity index (χ1n) is 6.84. The highest BCUT2D eigenvalue weighted by atomic mass is 28.4. The SMILES string of the molecule is CC(C)(C)[Si](C)(C)OC[C@@H]1CC2(CO2)CN1C(=O)O. The van der Waals surface area contributed by atoms with Gasteiger partial charge < -0.3 is 19.2 Å². The van der Waals surface area contributed by atoms with Gasteiger partial charge in [0.1, 0.15) is 5.60 Å². The minimum absolute atomic E-state index is 0.0610. The highest BCUT2D eigenvalue weighted by Crippen LogP contribution is 2.42. The topological polar surface area (TPSA) is 62.3 Å². The molecular formula is C13H25NO4Si. The van der Waals surface area contributed by atoms with E-state index >= 15 is 0 Å². The quantitative estimate of drug-likeness (QED) is 0.640. The molecule has 0 radical (unpaired) electrons. The fourth-order valence-electron chi connectivity index (χ4n) is 2.25. The Hall–Kier alpha value is -0.593. The molecule has 0 aromatic rings. The fraction of sp³-hybridized carbons (Fsp3) is 0.923. The van der Waals surface area contributed by atoms with E-state index in [-0.39, 0.29) is 16.7 Å². The zero-order valence-electron chi connectivity index (χ0n) is 12.5. The smallest absolute Gasteiger partial charge is 0.407 e. The van der Waals surface area contributed by atoms with Crippen LogP contribution in [-0.2, 0) is 9.16 Å². The van der Waals surface area contributed by atoms with E-state index in [1.807, 2.05) is 0 Å². The Morgan fingerprint density at radius 1 is 1.53 bits per heavy atom. The van der Waals surface area contributed by atoms with Gasteiger partial charge in [0.25, 0.3) is 0 Å². The summed E-state index contributed by atoms with van der Waals surface area (Å²) in [6.45, 7) is 12.6. The molecule has 5 nitrogen and oxygen atoms in total. The Morgan fingerprint density at radius 2 is 2.11 bits per heavy atom. The lowest BCUT2D eigenvalue weighted by Gasteiger charge is -2.37. The Balaban J connectivity index is 1.97. The van der Waals surface area contributed by atoms with Gasteiger partial charge in [0.05, 0.1) is 25.8 Å². The molecule has 1 amide bonds. The van der Waals surface area contributed by atoms with Crippen molar-refractivity contribution in [2.24, 2.45) is 0 Å². The number of nitrogens with zero attached hydrogens (tertiary/aromatic N) is 1. The summed E-state index contributed by atoms with van der Waals surface area (Å²) in [5.41, 5.74) is -0.195. The second-order valence-corrected chi connectivity index (χ2v) is 12.1. The van der Waals surface area contributed by atoms with E-state index < -0.39 is 14.4 Å². The number of likely N-dealkylation sites (tertiary alicyclic amines) is 1. The molecule has 1 unspecified atom stereocenters. The van der Waals surface area contributed by atoms with Crippen LogP contribution in [0.5, 0.6) is 0 Å². The van der Waals surface area contributed by atoms with Gasteiger partial charge in [-0.1, -0.05) is 20.8 Å². The predicted molar refractivity (Wildman–Crippen MR) is 75.0 cm³/mol. The van der Waals surface area contributed by atoms with Crippen LogP contribution in [0, 0.1) is 0 Å². The lowest BCUT2D eigenvalue weighted by molar-refractivity contribution is 0.119. The van der Waals surface area contributed by atoms with Gasteiger partial charge in [-0.15, -0.1) is 0 Å². The van der Waals surface area contributed by atoms with Crippen molar-refractivity contribution in [1.29, 1.82) is 0 Å². The van der Waals surface area contributed by atoms with Gasteiger partial charge in [0.2, 0.25) is 0 Å². The summed E-state index contributed by atoms with van der Waals surface area (Å²) in [7, 11) is -1.82. The van der Waals surface area contributed by atoms with Crippen molar-refractivity contribution < 1.29 is 19.1 Å². The van der Waals surface area contributed by atoms with E-state index in [4.69, 9.17) is 9.16 Å². The lowest BCUT2D eigenvalue weighted by atomic mass is 10.1. The highest BCUT2D eigenvalue weighted by molar-refractivity contribution is 6.74. The Kier molecular flexibility index (Phi) is 3.48. The first-order valence-corrected chi connectivity index (χ1v) is 9.75. The van der Waals surface area contributed by atoms with Crippen molar-refractivity contribution in [2.75, 3.05) is 19.8 Å². The molecule has 19 heavy (non-hydrogen) atoms. The molecule has 0 bridgehead atoms. The molecule has 0 aromatic carbocycles. The summed E-state index contributed by atoms with van der Waals surface area (Å²) in [6.07, 6.45) is -0.0929. The average Bonchev–Trinajstić information content (AvgIpc) is 2.86. The van der Waals surface area contributed by atoms with Crippen LogP contribution >= 0.6 is 0 Å². The maximum absolute atomic E-state index is 11.3. The summed E-state index contributed by atoms with van der Waals surface area (Å²) in [4.78, 5) is 12.8. The van der Waals surface area contributed by atoms with Crippen molar-refractivity contribution >= 4 is 14.4 Å². The standard InChI is InChI=1S/C13H25NO4Si/c1-12(2,3)19(4,5)18-7-10-6-13(9-17-13)8-14(10)11(15)16/h10H,6-9H2,1-5H3,(H,15,16)/t10-,13?/m0/s1. The molecule has 2 aliphatic rings. The molecule has 2 aliphatic heterocycles. The van der Waals surface area contributed by atoms with Crippen LogP contribution in [0.2, 0.25) is 18.1 Å². The van der Waals surface area contributed by atoms with Crippen LogP contribution in [0.15, 0.2) is 0 Å². The first-order chi connectivity index (χ1) is 8.56. The zero-order valence-corrected chi connectivity index (χ0v) is 13.5. The fourth-order valence-corrected chi connectivity index (χ4v) is 3.29. The molecule has 2 saturated heterocycles. The minimum atomic E-state index is -1.82. The monoisotopic (exact) mass is 287 g/mol. The third-order valence-electron chi connectivity index (χ3n) is 4.75. The molecule has 0 saturated carbocycles. The summed E-state index contributed by atoms with van der Waals surface area (Å²) in [5, 5.41) is 9.41. The largest absolute Gasteiger partial charge is 0.465 e. The number of amides is 1. The van der Waals surface area contributed by atoms with E-state index in [0.29, 0.717) is 19.8 Å². The molecule has 0 aliphatic carbocycles. The molecule has 6 heteroatoms. The maximum Gasteiger partial charge on any atom is 0.407 e. The molecule has 1 spiro atoms. The third kappa shape index (κ3) is 2.95. The van der Waals surface area contributed by atoms with E-state index in [0.717, 1.165) is 6.42 Å². The zero-order chi connectivity index (χ0) is 14.5. The van der Waals surface area contributed by atoms with Gasteiger partial charge in [-0.3, -0.25) is 0 Å². The number of carboxylic acid groups (broad SMARTS) is 1. The van der Waals surface area contributed by atoms with Crippen LogP contribution in [0.3, 0.4) is 0 Å². The number of hydrogen-bond acceptors (Lipinski definition) is 3. The lowest BCUT2D eigenvalue weighted by Crippen LogP contribution is -2.45. The van der Waals surface area contributed by atoms with Gasteiger partial charge in [-0.2, -0.15) is 0 Å². The molecule has 2 fully saturated rings. The van der Waals surface area contributed by atoms with E-state index in [1.54, 1.807) is 0 Å². The van der Waals surface area contributed by atoms with Crippen LogP contribution < -0.4 is 0 Å². The molecule has 1 N–H and O–H groups in total. The third-order valence-corrected chi connectivity index (χ3v) is 9.25. The number of carbonyl (C=O) groups is 1. The summed E-state index contributed by atoms with van der Waals surface area (Å²) in [6, 6.07) is -0.0610. The predicted octanol–water partition coefficient (Wildman–Crippen LogP) is 2.53. The Morgan fingerprint density at radius 3 is 2.53 bits per heavy atom. The van der Waals surface area contributed by atoms with E-state index in [9.17, 15) is 9.90 Å². The second-order valence-electron chi connectivity index (χ2n) is 7.31. The van der Waals surface area contributed by atoms with Gasteiger partial charge in [0, 0.05) is 6.42 Å². The van der Waals surface area contributed by atoms with Crippen LogP contribution in [0.4, 0.5) is 4.79 Å². The molecule has 2 heterocycles. The van der Waals surface area contributed by atoms with Crippen molar-refractivity contribution in [3.8, 4) is 0 Å². The summed E-state index contributed by atoms with van der Waals surface area (Å²) >= 11 is 0. The normalized spacial score (nSPS) is 31.0. The number of epoxide rings is 1. The molecule has 110 valence electrons. The van der Waals surface area contributed by atoms with Gasteiger partial charge in [0.15, 0.2) is 8.32 Å². The average molecular weight is 287 g/mol. The van der Waals surface area contributed by atoms with Crippen molar-refractivity contribution in [1.82, 2.24) is 4.90 Å². The highest BCUT2D eigenvalue weighted by Gasteiger charge is 2.56. The first kappa shape index (κ1) is 14.8. The number of hydrogen-bond donors (Lipinski definition) is 1. The van der Waals surface area contributed by atoms with Crippen LogP contribution in [-0.4, -0.2) is 55.8 Å². The van der Waals surface area contributed by atoms with E-state index in [2.05, 4.69) is 33.9 Å². The maximum atomic E-state index is 11.3. The van der Waals surface area contributed by atoms with Gasteiger partial charge in [-0.25, -0.2) is 4.79 Å². The number of rotatable bonds is 3. The van der Waals surface area contributed by atoms with Gasteiger partial charge >= 0.3 is 6.09 Å². The van der Waals surface area contributed by atoms with Crippen molar-refractivity contribution in [3.05, 3.63) is 0 Å². The van der Waals surface area contributed by atoms with Crippen molar-refractivity contribution in [2.45, 2.75) is 57.0 Å². The second kappa shape index (κ2) is 4.46. The summed E-state index contributed by atoms with van der Waals surface area (Å²) < 4.78 is 11.6. The van der Waals surface area contributed by atoms with E-state index in [1.165, 1.54) is 4.90 Å². The van der Waals surface area contributed by atoms with Crippen LogP contribution in [0.1, 0.15) is 27.2 Å². The summed E-state index contributed by atoms with van der Waals surface area (Å²) in [5.74, 6) is 0. The Bertz CT molecular complexity index is 373. The number of ether oxygens (including phenoxy) is 1. The Labute approximate surface area is 116 Å².